The maximum absolute atomic E-state index is 5.43. The SMILES string of the molecule is C=C(C)COCCNc1ncnc2c1CCC2. The van der Waals surface area contributed by atoms with Crippen LogP contribution >= 0.6 is 0 Å². The third-order valence-corrected chi connectivity index (χ3v) is 2.76. The monoisotopic (exact) mass is 233 g/mol. The van der Waals surface area contributed by atoms with E-state index in [0.29, 0.717) is 13.2 Å². The standard InChI is InChI=1S/C13H19N3O/c1-10(2)8-17-7-6-14-13-11-4-3-5-12(11)15-9-16-13/h9H,1,3-8H2,2H3,(H,14,15,16). The predicted octanol–water partition coefficient (Wildman–Crippen LogP) is 1.97. The zero-order chi connectivity index (χ0) is 12.1. The fraction of sp³-hybridized carbons (Fsp3) is 0.538. The van der Waals surface area contributed by atoms with E-state index in [4.69, 9.17) is 4.74 Å². The van der Waals surface area contributed by atoms with Crippen LogP contribution in [0, 0.1) is 0 Å². The van der Waals surface area contributed by atoms with Crippen molar-refractivity contribution in [3.63, 3.8) is 0 Å². The van der Waals surface area contributed by atoms with Crippen molar-refractivity contribution in [2.24, 2.45) is 0 Å². The van der Waals surface area contributed by atoms with Gasteiger partial charge in [0.2, 0.25) is 0 Å². The van der Waals surface area contributed by atoms with Gasteiger partial charge in [-0.25, -0.2) is 9.97 Å². The Bertz CT molecular complexity index is 404. The first kappa shape index (κ1) is 12.0. The predicted molar refractivity (Wildman–Crippen MR) is 68.2 cm³/mol. The maximum Gasteiger partial charge on any atom is 0.132 e. The molecule has 1 aliphatic rings. The van der Waals surface area contributed by atoms with Crippen LogP contribution in [0.3, 0.4) is 0 Å². The maximum atomic E-state index is 5.43. The molecule has 0 aromatic carbocycles. The molecule has 0 bridgehead atoms. The summed E-state index contributed by atoms with van der Waals surface area (Å²) in [6, 6.07) is 0. The fourth-order valence-corrected chi connectivity index (χ4v) is 2.00. The van der Waals surface area contributed by atoms with Crippen LogP contribution in [0.25, 0.3) is 0 Å². The van der Waals surface area contributed by atoms with E-state index < -0.39 is 0 Å². The van der Waals surface area contributed by atoms with Gasteiger partial charge in [-0.3, -0.25) is 0 Å². The van der Waals surface area contributed by atoms with Gasteiger partial charge in [0, 0.05) is 17.8 Å². The number of hydrogen-bond donors (Lipinski definition) is 1. The van der Waals surface area contributed by atoms with Gasteiger partial charge in [-0.15, -0.1) is 0 Å². The summed E-state index contributed by atoms with van der Waals surface area (Å²) < 4.78 is 5.43. The number of nitrogens with one attached hydrogen (secondary N) is 1. The second-order valence-electron chi connectivity index (χ2n) is 4.44. The normalized spacial score (nSPS) is 13.5. The number of aromatic nitrogens is 2. The molecule has 4 nitrogen and oxygen atoms in total. The Morgan fingerprint density at radius 3 is 3.18 bits per heavy atom. The Labute approximate surface area is 102 Å². The van der Waals surface area contributed by atoms with Crippen molar-refractivity contribution in [1.29, 1.82) is 0 Å². The van der Waals surface area contributed by atoms with Crippen LogP contribution in [0.5, 0.6) is 0 Å². The number of aryl methyl sites for hydroxylation is 1. The number of hydrogen-bond acceptors (Lipinski definition) is 4. The van der Waals surface area contributed by atoms with Crippen molar-refractivity contribution in [1.82, 2.24) is 9.97 Å². The third-order valence-electron chi connectivity index (χ3n) is 2.76. The summed E-state index contributed by atoms with van der Waals surface area (Å²) in [5.41, 5.74) is 3.53. The first-order valence-corrected chi connectivity index (χ1v) is 6.06. The molecule has 1 heterocycles. The molecule has 1 aromatic rings. The van der Waals surface area contributed by atoms with Crippen LogP contribution in [-0.4, -0.2) is 29.7 Å². The number of anilines is 1. The molecular weight excluding hydrogens is 214 g/mol. The van der Waals surface area contributed by atoms with Crippen LogP contribution in [0.1, 0.15) is 24.6 Å². The van der Waals surface area contributed by atoms with Gasteiger partial charge < -0.3 is 10.1 Å². The molecule has 17 heavy (non-hydrogen) atoms. The van der Waals surface area contributed by atoms with Crippen molar-refractivity contribution < 1.29 is 4.74 Å². The Balaban J connectivity index is 1.80. The molecular formula is C13H19N3O. The molecule has 92 valence electrons. The first-order chi connectivity index (χ1) is 8.27. The Morgan fingerprint density at radius 1 is 1.47 bits per heavy atom. The van der Waals surface area contributed by atoms with Crippen LogP contribution in [0.4, 0.5) is 5.82 Å². The van der Waals surface area contributed by atoms with E-state index in [-0.39, 0.29) is 0 Å². The van der Waals surface area contributed by atoms with Gasteiger partial charge in [-0.1, -0.05) is 12.2 Å². The number of rotatable bonds is 6. The lowest BCUT2D eigenvalue weighted by atomic mass is 10.2. The number of ether oxygens (including phenoxy) is 1. The minimum absolute atomic E-state index is 0.629. The van der Waals surface area contributed by atoms with E-state index in [1.54, 1.807) is 6.33 Å². The molecule has 0 saturated heterocycles. The minimum atomic E-state index is 0.629. The highest BCUT2D eigenvalue weighted by Gasteiger charge is 2.16. The summed E-state index contributed by atoms with van der Waals surface area (Å²) in [7, 11) is 0. The van der Waals surface area contributed by atoms with Crippen molar-refractivity contribution in [2.75, 3.05) is 25.1 Å². The van der Waals surface area contributed by atoms with Gasteiger partial charge in [0.05, 0.1) is 13.2 Å². The van der Waals surface area contributed by atoms with E-state index in [9.17, 15) is 0 Å². The lowest BCUT2D eigenvalue weighted by Crippen LogP contribution is -2.13. The van der Waals surface area contributed by atoms with E-state index in [1.165, 1.54) is 17.7 Å². The molecule has 1 aliphatic carbocycles. The third kappa shape index (κ3) is 3.27. The highest BCUT2D eigenvalue weighted by Crippen LogP contribution is 2.24. The fourth-order valence-electron chi connectivity index (χ4n) is 2.00. The molecule has 1 N–H and O–H groups in total. The zero-order valence-electron chi connectivity index (χ0n) is 10.3. The molecule has 2 rings (SSSR count). The van der Waals surface area contributed by atoms with Crippen molar-refractivity contribution in [3.8, 4) is 0 Å². The summed E-state index contributed by atoms with van der Waals surface area (Å²) in [5.74, 6) is 0.978. The Morgan fingerprint density at radius 2 is 2.35 bits per heavy atom. The highest BCUT2D eigenvalue weighted by molar-refractivity contribution is 5.47. The van der Waals surface area contributed by atoms with Crippen LogP contribution in [-0.2, 0) is 17.6 Å². The van der Waals surface area contributed by atoms with Gasteiger partial charge in [-0.2, -0.15) is 0 Å². The van der Waals surface area contributed by atoms with E-state index >= 15 is 0 Å². The second kappa shape index (κ2) is 5.77. The van der Waals surface area contributed by atoms with Gasteiger partial charge in [-0.05, 0) is 26.2 Å². The zero-order valence-corrected chi connectivity index (χ0v) is 10.3. The smallest absolute Gasteiger partial charge is 0.132 e. The molecule has 0 aliphatic heterocycles. The summed E-state index contributed by atoms with van der Waals surface area (Å²) >= 11 is 0. The molecule has 0 atom stereocenters. The van der Waals surface area contributed by atoms with E-state index in [0.717, 1.165) is 30.8 Å². The average Bonchev–Trinajstić information content (AvgIpc) is 2.77. The molecule has 4 heteroatoms. The minimum Gasteiger partial charge on any atom is -0.375 e. The quantitative estimate of drug-likeness (QED) is 0.603. The molecule has 0 unspecified atom stereocenters. The van der Waals surface area contributed by atoms with Crippen molar-refractivity contribution in [3.05, 3.63) is 29.7 Å². The van der Waals surface area contributed by atoms with Gasteiger partial charge in [0.1, 0.15) is 12.1 Å². The van der Waals surface area contributed by atoms with Gasteiger partial charge >= 0.3 is 0 Å². The van der Waals surface area contributed by atoms with Crippen LogP contribution < -0.4 is 5.32 Å². The number of fused-ring (bicyclic) bond motifs is 1. The summed E-state index contributed by atoms with van der Waals surface area (Å²) in [6.07, 6.45) is 5.00. The highest BCUT2D eigenvalue weighted by atomic mass is 16.5. The molecule has 0 spiro atoms. The first-order valence-electron chi connectivity index (χ1n) is 6.06. The topological polar surface area (TPSA) is 47.0 Å². The summed E-state index contributed by atoms with van der Waals surface area (Å²) in [5, 5.41) is 3.31. The Kier molecular flexibility index (Phi) is 4.09. The van der Waals surface area contributed by atoms with Gasteiger partial charge in [0.15, 0.2) is 0 Å². The van der Waals surface area contributed by atoms with Crippen molar-refractivity contribution in [2.45, 2.75) is 26.2 Å². The van der Waals surface area contributed by atoms with Crippen molar-refractivity contribution >= 4 is 5.82 Å². The molecule has 0 fully saturated rings. The lowest BCUT2D eigenvalue weighted by Gasteiger charge is -2.09. The Hall–Kier alpha value is -1.42. The largest absolute Gasteiger partial charge is 0.375 e. The summed E-state index contributed by atoms with van der Waals surface area (Å²) in [6.45, 7) is 7.83. The molecule has 0 amide bonds. The van der Waals surface area contributed by atoms with Gasteiger partial charge in [0.25, 0.3) is 0 Å². The summed E-state index contributed by atoms with van der Waals surface area (Å²) in [4.78, 5) is 8.58. The second-order valence-corrected chi connectivity index (χ2v) is 4.44. The molecule has 0 radical (unpaired) electrons. The van der Waals surface area contributed by atoms with E-state index in [2.05, 4.69) is 21.9 Å². The van der Waals surface area contributed by atoms with E-state index in [1.807, 2.05) is 6.92 Å². The number of nitrogens with zero attached hydrogens (tertiary/aromatic N) is 2. The lowest BCUT2D eigenvalue weighted by molar-refractivity contribution is 0.167. The molecule has 0 saturated carbocycles. The van der Waals surface area contributed by atoms with Crippen LogP contribution in [0.2, 0.25) is 0 Å². The average molecular weight is 233 g/mol. The van der Waals surface area contributed by atoms with Crippen LogP contribution in [0.15, 0.2) is 18.5 Å². The molecule has 1 aromatic heterocycles.